The molecule has 0 amide bonds. The summed E-state index contributed by atoms with van der Waals surface area (Å²) >= 11 is 0. The summed E-state index contributed by atoms with van der Waals surface area (Å²) in [5, 5.41) is 0. The Morgan fingerprint density at radius 3 is 2.73 bits per heavy atom. The summed E-state index contributed by atoms with van der Waals surface area (Å²) in [4.78, 5) is 35.0. The van der Waals surface area contributed by atoms with Crippen LogP contribution in [0.1, 0.15) is 36.8 Å². The van der Waals surface area contributed by atoms with E-state index in [0.717, 1.165) is 22.7 Å². The fourth-order valence-electron chi connectivity index (χ4n) is 3.56. The molecular formula is C19H21N5O2. The fraction of sp³-hybridized carbons (Fsp3) is 0.368. The third-order valence-electron chi connectivity index (χ3n) is 5.13. The molecule has 0 fully saturated rings. The quantitative estimate of drug-likeness (QED) is 0.706. The summed E-state index contributed by atoms with van der Waals surface area (Å²) in [6.45, 7) is 6.61. The molecule has 1 unspecified atom stereocenters. The minimum absolute atomic E-state index is 0.0543. The summed E-state index contributed by atoms with van der Waals surface area (Å²) in [6.07, 6.45) is 0. The topological polar surface area (TPSA) is 74.2 Å². The van der Waals surface area contributed by atoms with Crippen LogP contribution in [-0.2, 0) is 20.1 Å². The third kappa shape index (κ3) is 2.34. The predicted molar refractivity (Wildman–Crippen MR) is 101 cm³/mol. The Kier molecular flexibility index (Phi) is 3.68. The van der Waals surface area contributed by atoms with E-state index in [9.17, 15) is 9.59 Å². The van der Waals surface area contributed by atoms with E-state index in [4.69, 9.17) is 0 Å². The molecule has 0 N–H and O–H groups in total. The third-order valence-corrected chi connectivity index (χ3v) is 5.13. The molecule has 0 bridgehead atoms. The molecule has 2 aromatic heterocycles. The van der Waals surface area contributed by atoms with Gasteiger partial charge in [-0.15, -0.1) is 0 Å². The number of hydrogen-bond acceptors (Lipinski definition) is 4. The van der Waals surface area contributed by atoms with Crippen molar-refractivity contribution in [3.8, 4) is 0 Å². The number of aromatic nitrogens is 4. The Bertz CT molecular complexity index is 1180. The van der Waals surface area contributed by atoms with Crippen LogP contribution in [0.25, 0.3) is 11.2 Å². The highest BCUT2D eigenvalue weighted by molar-refractivity contribution is 5.88. The number of benzene rings is 1. The standard InChI is InChI=1S/C19H21N5O2/c1-11-6-5-7-14(8-11)10-23-18(25)16-17(22(4)19(23)26)21-15-9-20-12(2)13(3)24(15)16/h5-8,13H,9-10H2,1-4H3. The fourth-order valence-corrected chi connectivity index (χ4v) is 3.56. The SMILES string of the molecule is CC1=NCc2nc3c(c(=O)n(Cc4cccc(C)c4)c(=O)n3C)n2C1C. The average Bonchev–Trinajstić information content (AvgIpc) is 3.01. The Balaban J connectivity index is 1.99. The van der Waals surface area contributed by atoms with Crippen molar-refractivity contribution < 1.29 is 0 Å². The Hall–Kier alpha value is -2.96. The minimum atomic E-state index is -0.357. The number of hydrogen-bond donors (Lipinski definition) is 0. The lowest BCUT2D eigenvalue weighted by Crippen LogP contribution is -2.40. The van der Waals surface area contributed by atoms with Gasteiger partial charge in [0.05, 0.1) is 19.1 Å². The summed E-state index contributed by atoms with van der Waals surface area (Å²) in [5.74, 6) is 0.721. The van der Waals surface area contributed by atoms with Crippen LogP contribution in [0, 0.1) is 6.92 Å². The monoisotopic (exact) mass is 351 g/mol. The highest BCUT2D eigenvalue weighted by atomic mass is 16.2. The summed E-state index contributed by atoms with van der Waals surface area (Å²) in [7, 11) is 1.66. The summed E-state index contributed by atoms with van der Waals surface area (Å²) in [5.41, 5.74) is 3.21. The van der Waals surface area contributed by atoms with Crippen molar-refractivity contribution in [2.75, 3.05) is 0 Å². The Morgan fingerprint density at radius 1 is 1.23 bits per heavy atom. The zero-order chi connectivity index (χ0) is 18.6. The highest BCUT2D eigenvalue weighted by Crippen LogP contribution is 2.23. The Morgan fingerprint density at radius 2 is 2.00 bits per heavy atom. The van der Waals surface area contributed by atoms with E-state index in [1.807, 2.05) is 49.6 Å². The minimum Gasteiger partial charge on any atom is -0.312 e. The first kappa shape index (κ1) is 16.5. The van der Waals surface area contributed by atoms with Crippen molar-refractivity contribution in [2.45, 2.75) is 39.9 Å². The molecule has 3 heterocycles. The molecule has 3 aromatic rings. The molecule has 1 aliphatic heterocycles. The second-order valence-electron chi connectivity index (χ2n) is 6.93. The van der Waals surface area contributed by atoms with Gasteiger partial charge in [-0.3, -0.25) is 18.9 Å². The zero-order valence-corrected chi connectivity index (χ0v) is 15.4. The van der Waals surface area contributed by atoms with E-state index in [0.29, 0.717) is 17.7 Å². The molecule has 0 saturated heterocycles. The van der Waals surface area contributed by atoms with E-state index in [1.165, 1.54) is 9.13 Å². The molecular weight excluding hydrogens is 330 g/mol. The van der Waals surface area contributed by atoms with Gasteiger partial charge in [-0.2, -0.15) is 0 Å². The van der Waals surface area contributed by atoms with Crippen LogP contribution in [0.15, 0.2) is 38.8 Å². The van der Waals surface area contributed by atoms with E-state index < -0.39 is 0 Å². The van der Waals surface area contributed by atoms with Crippen LogP contribution in [0.2, 0.25) is 0 Å². The smallest absolute Gasteiger partial charge is 0.312 e. The van der Waals surface area contributed by atoms with Crippen LogP contribution >= 0.6 is 0 Å². The number of nitrogens with zero attached hydrogens (tertiary/aromatic N) is 5. The molecule has 0 saturated carbocycles. The van der Waals surface area contributed by atoms with E-state index >= 15 is 0 Å². The van der Waals surface area contributed by atoms with Gasteiger partial charge in [-0.1, -0.05) is 29.8 Å². The molecule has 7 nitrogen and oxygen atoms in total. The predicted octanol–water partition coefficient (Wildman–Crippen LogP) is 1.79. The summed E-state index contributed by atoms with van der Waals surface area (Å²) < 4.78 is 4.67. The molecule has 1 aliphatic rings. The van der Waals surface area contributed by atoms with Crippen molar-refractivity contribution in [1.82, 2.24) is 18.7 Å². The number of fused-ring (bicyclic) bond motifs is 3. The molecule has 1 atom stereocenters. The van der Waals surface area contributed by atoms with Gasteiger partial charge in [0.15, 0.2) is 11.2 Å². The number of aliphatic imine (C=N–C) groups is 1. The van der Waals surface area contributed by atoms with Gasteiger partial charge in [0, 0.05) is 12.8 Å². The van der Waals surface area contributed by atoms with Gasteiger partial charge in [0.2, 0.25) is 0 Å². The molecule has 7 heteroatoms. The van der Waals surface area contributed by atoms with Gasteiger partial charge < -0.3 is 4.57 Å². The van der Waals surface area contributed by atoms with Crippen molar-refractivity contribution >= 4 is 16.9 Å². The van der Waals surface area contributed by atoms with Crippen LogP contribution in [-0.4, -0.2) is 24.4 Å². The van der Waals surface area contributed by atoms with E-state index in [1.54, 1.807) is 7.05 Å². The normalized spacial score (nSPS) is 16.6. The maximum Gasteiger partial charge on any atom is 0.332 e. The van der Waals surface area contributed by atoms with Gasteiger partial charge in [-0.25, -0.2) is 9.78 Å². The van der Waals surface area contributed by atoms with Gasteiger partial charge in [-0.05, 0) is 26.3 Å². The number of rotatable bonds is 2. The van der Waals surface area contributed by atoms with Crippen molar-refractivity contribution in [1.29, 1.82) is 0 Å². The Labute approximate surface area is 150 Å². The molecule has 26 heavy (non-hydrogen) atoms. The van der Waals surface area contributed by atoms with Crippen LogP contribution < -0.4 is 11.2 Å². The first-order valence-corrected chi connectivity index (χ1v) is 8.65. The second kappa shape index (κ2) is 5.79. The van der Waals surface area contributed by atoms with Gasteiger partial charge in [0.25, 0.3) is 5.56 Å². The summed E-state index contributed by atoms with van der Waals surface area (Å²) in [6, 6.07) is 7.78. The molecule has 134 valence electrons. The molecule has 0 aliphatic carbocycles. The van der Waals surface area contributed by atoms with E-state index in [2.05, 4.69) is 9.98 Å². The van der Waals surface area contributed by atoms with Crippen molar-refractivity contribution in [3.63, 3.8) is 0 Å². The van der Waals surface area contributed by atoms with Crippen molar-refractivity contribution in [3.05, 3.63) is 62.1 Å². The largest absolute Gasteiger partial charge is 0.332 e. The maximum atomic E-state index is 13.2. The van der Waals surface area contributed by atoms with E-state index in [-0.39, 0.29) is 23.8 Å². The first-order chi connectivity index (χ1) is 12.4. The molecule has 0 radical (unpaired) electrons. The lowest BCUT2D eigenvalue weighted by Gasteiger charge is -2.21. The number of imidazole rings is 1. The molecule has 1 aromatic carbocycles. The maximum absolute atomic E-state index is 13.2. The number of aryl methyl sites for hydroxylation is 2. The second-order valence-corrected chi connectivity index (χ2v) is 6.93. The van der Waals surface area contributed by atoms with Crippen LogP contribution in [0.4, 0.5) is 0 Å². The van der Waals surface area contributed by atoms with Crippen molar-refractivity contribution in [2.24, 2.45) is 12.0 Å². The average molecular weight is 351 g/mol. The van der Waals surface area contributed by atoms with Crippen LogP contribution in [0.5, 0.6) is 0 Å². The van der Waals surface area contributed by atoms with Gasteiger partial charge in [0.1, 0.15) is 5.82 Å². The highest BCUT2D eigenvalue weighted by Gasteiger charge is 2.26. The molecule has 4 rings (SSSR count). The zero-order valence-electron chi connectivity index (χ0n) is 15.4. The first-order valence-electron chi connectivity index (χ1n) is 8.65. The van der Waals surface area contributed by atoms with Crippen LogP contribution in [0.3, 0.4) is 0 Å². The lowest BCUT2D eigenvalue weighted by molar-refractivity contribution is 0.621. The van der Waals surface area contributed by atoms with Gasteiger partial charge >= 0.3 is 5.69 Å². The molecule has 0 spiro atoms. The lowest BCUT2D eigenvalue weighted by atomic mass is 10.1.